The Kier molecular flexibility index (Phi) is 3.79. The van der Waals surface area contributed by atoms with E-state index in [0.717, 1.165) is 25.1 Å². The second-order valence-electron chi connectivity index (χ2n) is 4.75. The van der Waals surface area contributed by atoms with Crippen LogP contribution < -0.4 is 5.32 Å². The Morgan fingerprint density at radius 2 is 2.24 bits per heavy atom. The van der Waals surface area contributed by atoms with Crippen molar-refractivity contribution in [2.24, 2.45) is 0 Å². The Morgan fingerprint density at radius 1 is 1.47 bits per heavy atom. The zero-order valence-electron chi connectivity index (χ0n) is 10.6. The number of nitrogens with zero attached hydrogens (tertiary/aromatic N) is 1. The van der Waals surface area contributed by atoms with Crippen LogP contribution >= 0.6 is 0 Å². The van der Waals surface area contributed by atoms with E-state index in [1.165, 1.54) is 5.56 Å². The fraction of sp³-hybridized carbons (Fsp3) is 0.500. The van der Waals surface area contributed by atoms with E-state index in [1.807, 2.05) is 30.1 Å². The summed E-state index contributed by atoms with van der Waals surface area (Å²) in [4.78, 5) is 14.0. The number of nitrogens with one attached hydrogen (secondary N) is 1. The van der Waals surface area contributed by atoms with Crippen LogP contribution in [0.25, 0.3) is 0 Å². The molecule has 1 aromatic rings. The first-order valence-electron chi connectivity index (χ1n) is 6.19. The summed E-state index contributed by atoms with van der Waals surface area (Å²) >= 11 is 0. The molecule has 2 rings (SSSR count). The van der Waals surface area contributed by atoms with E-state index in [2.05, 4.69) is 18.3 Å². The van der Waals surface area contributed by atoms with Crippen molar-refractivity contribution < 1.29 is 4.79 Å². The van der Waals surface area contributed by atoms with E-state index < -0.39 is 0 Å². The van der Waals surface area contributed by atoms with Gasteiger partial charge in [0.25, 0.3) is 0 Å². The summed E-state index contributed by atoms with van der Waals surface area (Å²) in [6.45, 7) is 4.00. The number of carbonyl (C=O) groups excluding carboxylic acids is 1. The molecule has 0 bridgehead atoms. The minimum Gasteiger partial charge on any atom is -0.341 e. The smallest absolute Gasteiger partial charge is 0.227 e. The van der Waals surface area contributed by atoms with Gasteiger partial charge in [-0.25, -0.2) is 0 Å². The van der Waals surface area contributed by atoms with Crippen molar-refractivity contribution >= 4 is 5.91 Å². The SMILES string of the molecule is Cc1ccccc1CC(=O)N(C)C1CCNC1. The number of benzene rings is 1. The highest BCUT2D eigenvalue weighted by molar-refractivity contribution is 5.79. The molecule has 1 heterocycles. The third-order valence-electron chi connectivity index (χ3n) is 3.58. The van der Waals surface area contributed by atoms with E-state index in [-0.39, 0.29) is 5.91 Å². The molecule has 1 amide bonds. The van der Waals surface area contributed by atoms with Gasteiger partial charge in [-0.2, -0.15) is 0 Å². The second-order valence-corrected chi connectivity index (χ2v) is 4.75. The van der Waals surface area contributed by atoms with Crippen molar-refractivity contribution in [2.45, 2.75) is 25.8 Å². The van der Waals surface area contributed by atoms with Crippen LogP contribution in [0.2, 0.25) is 0 Å². The minimum absolute atomic E-state index is 0.216. The van der Waals surface area contributed by atoms with Gasteiger partial charge in [0.2, 0.25) is 5.91 Å². The molecule has 1 saturated heterocycles. The Hall–Kier alpha value is -1.35. The van der Waals surface area contributed by atoms with Crippen LogP contribution in [0.1, 0.15) is 17.5 Å². The van der Waals surface area contributed by atoms with Crippen LogP contribution in [0, 0.1) is 6.92 Å². The van der Waals surface area contributed by atoms with Crippen LogP contribution in [-0.2, 0) is 11.2 Å². The first-order chi connectivity index (χ1) is 8.18. The highest BCUT2D eigenvalue weighted by atomic mass is 16.2. The third kappa shape index (κ3) is 2.86. The van der Waals surface area contributed by atoms with Gasteiger partial charge in [-0.3, -0.25) is 4.79 Å². The summed E-state index contributed by atoms with van der Waals surface area (Å²) in [6.07, 6.45) is 1.58. The summed E-state index contributed by atoms with van der Waals surface area (Å²) in [5.74, 6) is 0.216. The molecule has 1 aromatic carbocycles. The Morgan fingerprint density at radius 3 is 2.88 bits per heavy atom. The van der Waals surface area contributed by atoms with Crippen LogP contribution in [0.3, 0.4) is 0 Å². The molecule has 0 aromatic heterocycles. The van der Waals surface area contributed by atoms with E-state index >= 15 is 0 Å². The van der Waals surface area contributed by atoms with Crippen LogP contribution in [0.4, 0.5) is 0 Å². The predicted octanol–water partition coefficient (Wildman–Crippen LogP) is 1.36. The zero-order valence-corrected chi connectivity index (χ0v) is 10.6. The summed E-state index contributed by atoms with van der Waals surface area (Å²) < 4.78 is 0. The molecule has 1 N–H and O–H groups in total. The number of hydrogen-bond acceptors (Lipinski definition) is 2. The minimum atomic E-state index is 0.216. The molecule has 0 saturated carbocycles. The lowest BCUT2D eigenvalue weighted by molar-refractivity contribution is -0.130. The fourth-order valence-electron chi connectivity index (χ4n) is 2.27. The maximum Gasteiger partial charge on any atom is 0.227 e. The van der Waals surface area contributed by atoms with E-state index in [0.29, 0.717) is 12.5 Å². The number of carbonyl (C=O) groups is 1. The van der Waals surface area contributed by atoms with E-state index in [1.54, 1.807) is 0 Å². The highest BCUT2D eigenvalue weighted by Crippen LogP contribution is 2.12. The largest absolute Gasteiger partial charge is 0.341 e. The monoisotopic (exact) mass is 232 g/mol. The van der Waals surface area contributed by atoms with Gasteiger partial charge in [-0.1, -0.05) is 24.3 Å². The summed E-state index contributed by atoms with van der Waals surface area (Å²) in [5.41, 5.74) is 2.33. The van der Waals surface area contributed by atoms with Gasteiger partial charge < -0.3 is 10.2 Å². The first kappa shape index (κ1) is 12.1. The van der Waals surface area contributed by atoms with Crippen molar-refractivity contribution in [3.8, 4) is 0 Å². The fourth-order valence-corrected chi connectivity index (χ4v) is 2.27. The van der Waals surface area contributed by atoms with Crippen LogP contribution in [0.5, 0.6) is 0 Å². The van der Waals surface area contributed by atoms with E-state index in [9.17, 15) is 4.79 Å². The number of rotatable bonds is 3. The highest BCUT2D eigenvalue weighted by Gasteiger charge is 2.23. The third-order valence-corrected chi connectivity index (χ3v) is 3.58. The number of aryl methyl sites for hydroxylation is 1. The Balaban J connectivity index is 1.99. The summed E-state index contributed by atoms with van der Waals surface area (Å²) in [5, 5.41) is 3.29. The van der Waals surface area contributed by atoms with Gasteiger partial charge in [0.15, 0.2) is 0 Å². The number of likely N-dealkylation sites (N-methyl/N-ethyl adjacent to an activating group) is 1. The van der Waals surface area contributed by atoms with Crippen molar-refractivity contribution in [3.05, 3.63) is 35.4 Å². The standard InChI is InChI=1S/C14H20N2O/c1-11-5-3-4-6-12(11)9-14(17)16(2)13-7-8-15-10-13/h3-6,13,15H,7-10H2,1-2H3. The first-order valence-corrected chi connectivity index (χ1v) is 6.19. The Bertz CT molecular complexity index is 397. The normalized spacial score (nSPS) is 19.3. The second kappa shape index (κ2) is 5.32. The van der Waals surface area contributed by atoms with Crippen molar-refractivity contribution in [3.63, 3.8) is 0 Å². The van der Waals surface area contributed by atoms with Crippen LogP contribution in [-0.4, -0.2) is 37.0 Å². The lowest BCUT2D eigenvalue weighted by atomic mass is 10.0. The summed E-state index contributed by atoms with van der Waals surface area (Å²) in [6, 6.07) is 8.46. The van der Waals surface area contributed by atoms with Gasteiger partial charge >= 0.3 is 0 Å². The Labute approximate surface area is 103 Å². The average molecular weight is 232 g/mol. The van der Waals surface area contributed by atoms with Gasteiger partial charge in [0.05, 0.1) is 6.42 Å². The molecule has 1 aliphatic heterocycles. The molecule has 0 radical (unpaired) electrons. The summed E-state index contributed by atoms with van der Waals surface area (Å²) in [7, 11) is 1.91. The number of amides is 1. The van der Waals surface area contributed by atoms with E-state index in [4.69, 9.17) is 0 Å². The van der Waals surface area contributed by atoms with Gasteiger partial charge in [-0.05, 0) is 31.0 Å². The van der Waals surface area contributed by atoms with Gasteiger partial charge in [0, 0.05) is 19.6 Å². The molecular formula is C14H20N2O. The van der Waals surface area contributed by atoms with Crippen LogP contribution in [0.15, 0.2) is 24.3 Å². The lowest BCUT2D eigenvalue weighted by Crippen LogP contribution is -2.39. The molecule has 1 aliphatic rings. The predicted molar refractivity (Wildman–Crippen MR) is 68.9 cm³/mol. The quantitative estimate of drug-likeness (QED) is 0.853. The molecule has 17 heavy (non-hydrogen) atoms. The molecule has 92 valence electrons. The molecule has 1 fully saturated rings. The molecule has 1 atom stereocenters. The molecule has 1 unspecified atom stereocenters. The number of hydrogen-bond donors (Lipinski definition) is 1. The van der Waals surface area contributed by atoms with Crippen molar-refractivity contribution in [1.82, 2.24) is 10.2 Å². The average Bonchev–Trinajstić information content (AvgIpc) is 2.84. The maximum atomic E-state index is 12.1. The maximum absolute atomic E-state index is 12.1. The van der Waals surface area contributed by atoms with Gasteiger partial charge in [0.1, 0.15) is 0 Å². The topological polar surface area (TPSA) is 32.3 Å². The van der Waals surface area contributed by atoms with Gasteiger partial charge in [-0.15, -0.1) is 0 Å². The molecule has 3 heteroatoms. The van der Waals surface area contributed by atoms with Crippen molar-refractivity contribution in [2.75, 3.05) is 20.1 Å². The molecule has 0 aliphatic carbocycles. The lowest BCUT2D eigenvalue weighted by Gasteiger charge is -2.24. The van der Waals surface area contributed by atoms with Crippen molar-refractivity contribution in [1.29, 1.82) is 0 Å². The molecule has 3 nitrogen and oxygen atoms in total. The zero-order chi connectivity index (χ0) is 12.3. The molecule has 0 spiro atoms. The molecular weight excluding hydrogens is 212 g/mol.